The van der Waals surface area contributed by atoms with Gasteiger partial charge < -0.3 is 26.2 Å². The smallest absolute Gasteiger partial charge is 0.254 e. The van der Waals surface area contributed by atoms with Crippen molar-refractivity contribution in [3.05, 3.63) is 41.7 Å². The van der Waals surface area contributed by atoms with E-state index in [0.29, 0.717) is 35.6 Å². The van der Waals surface area contributed by atoms with E-state index in [9.17, 15) is 4.79 Å². The highest BCUT2D eigenvalue weighted by atomic mass is 16.5. The van der Waals surface area contributed by atoms with E-state index in [1.54, 1.807) is 13.1 Å². The van der Waals surface area contributed by atoms with Crippen molar-refractivity contribution < 1.29 is 14.6 Å². The Morgan fingerprint density at radius 2 is 2.03 bits per heavy atom. The third kappa shape index (κ3) is 4.97. The average molecular weight is 440 g/mol. The highest BCUT2D eigenvalue weighted by Gasteiger charge is 2.18. The minimum atomic E-state index is -0.575. The summed E-state index contributed by atoms with van der Waals surface area (Å²) < 4.78 is 7.10. The van der Waals surface area contributed by atoms with Gasteiger partial charge in [-0.25, -0.2) is 9.97 Å². The zero-order valence-electron chi connectivity index (χ0n) is 18.1. The quantitative estimate of drug-likeness (QED) is 0.475. The number of hydrogen-bond acceptors (Lipinski definition) is 8. The summed E-state index contributed by atoms with van der Waals surface area (Å²) in [5.74, 6) is 1.62. The van der Waals surface area contributed by atoms with Crippen LogP contribution in [-0.2, 0) is 4.74 Å². The van der Waals surface area contributed by atoms with Crippen molar-refractivity contribution in [1.82, 2.24) is 19.6 Å². The lowest BCUT2D eigenvalue weighted by Gasteiger charge is -2.22. The van der Waals surface area contributed by atoms with Crippen molar-refractivity contribution >= 4 is 29.0 Å². The molecule has 2 fully saturated rings. The molecule has 3 aromatic rings. The van der Waals surface area contributed by atoms with Crippen LogP contribution in [0.1, 0.15) is 54.1 Å². The predicted octanol–water partition coefficient (Wildman–Crippen LogP) is 2.43. The maximum absolute atomic E-state index is 11.6. The number of nitrogens with one attached hydrogen (secondary N) is 2. The van der Waals surface area contributed by atoms with Crippen LogP contribution < -0.4 is 16.4 Å². The van der Waals surface area contributed by atoms with Gasteiger partial charge in [-0.1, -0.05) is 6.07 Å². The Morgan fingerprint density at radius 1 is 1.22 bits per heavy atom. The summed E-state index contributed by atoms with van der Waals surface area (Å²) in [6, 6.07) is 7.65. The van der Waals surface area contributed by atoms with Gasteiger partial charge in [-0.2, -0.15) is 9.61 Å². The Balaban J connectivity index is 0.000000433. The van der Waals surface area contributed by atoms with Gasteiger partial charge in [-0.05, 0) is 44.2 Å². The molecule has 1 amide bonds. The lowest BCUT2D eigenvalue weighted by molar-refractivity contribution is 0.0793. The summed E-state index contributed by atoms with van der Waals surface area (Å²) in [5, 5.41) is 18.9. The van der Waals surface area contributed by atoms with Crippen molar-refractivity contribution in [2.45, 2.75) is 44.1 Å². The van der Waals surface area contributed by atoms with Crippen LogP contribution >= 0.6 is 0 Å². The number of rotatable bonds is 5. The molecule has 1 aliphatic heterocycles. The van der Waals surface area contributed by atoms with Gasteiger partial charge in [0.15, 0.2) is 5.65 Å². The van der Waals surface area contributed by atoms with E-state index in [2.05, 4.69) is 20.7 Å². The van der Waals surface area contributed by atoms with E-state index >= 15 is 0 Å². The Morgan fingerprint density at radius 3 is 2.66 bits per heavy atom. The van der Waals surface area contributed by atoms with Gasteiger partial charge in [-0.15, -0.1) is 0 Å². The summed E-state index contributed by atoms with van der Waals surface area (Å²) >= 11 is 0. The Bertz CT molecular complexity index is 1070. The third-order valence-corrected chi connectivity index (χ3v) is 5.67. The molecule has 3 aromatic heterocycles. The number of ether oxygens (including phenoxy) is 1. The fraction of sp³-hybridized carbons (Fsp3) is 0.455. The van der Waals surface area contributed by atoms with E-state index in [0.717, 1.165) is 38.0 Å². The van der Waals surface area contributed by atoms with Crippen molar-refractivity contribution in [2.75, 3.05) is 30.9 Å². The Hall–Kier alpha value is -3.24. The standard InChI is InChI=1S/C18H21N7O2.C4H8O/c1-20-16-8-15(24-18-12(17(19)26)9-21-25(16)18)23-14-6-2-5-13(22-14)11-4-3-7-27-10-11;5-4-2-1-3-4/h2,5-6,8-9,11,20H,3-4,7,10H2,1H3,(H2,19,26)(H,22,23,24);4-5H,1-3H2. The number of nitrogens with zero attached hydrogens (tertiary/aromatic N) is 4. The second-order valence-electron chi connectivity index (χ2n) is 8.01. The molecule has 0 bridgehead atoms. The van der Waals surface area contributed by atoms with Crippen LogP contribution in [0.3, 0.4) is 0 Å². The number of amides is 1. The average Bonchev–Trinajstić information content (AvgIpc) is 3.23. The fourth-order valence-corrected chi connectivity index (χ4v) is 3.62. The largest absolute Gasteiger partial charge is 0.393 e. The SMILES string of the molecule is CNc1cc(Nc2cccc(C3CCCOC3)n2)nc2c(C(N)=O)cnn12.OC1CCC1. The molecule has 1 aliphatic carbocycles. The lowest BCUT2D eigenvalue weighted by Crippen LogP contribution is -2.16. The topological polar surface area (TPSA) is 140 Å². The molecule has 4 heterocycles. The van der Waals surface area contributed by atoms with E-state index in [4.69, 9.17) is 20.6 Å². The number of nitrogens with two attached hydrogens (primary N) is 1. The van der Waals surface area contributed by atoms with Gasteiger partial charge in [0.2, 0.25) is 0 Å². The van der Waals surface area contributed by atoms with Gasteiger partial charge in [-0.3, -0.25) is 4.79 Å². The van der Waals surface area contributed by atoms with Crippen LogP contribution in [-0.4, -0.2) is 57.0 Å². The zero-order chi connectivity index (χ0) is 22.5. The monoisotopic (exact) mass is 439 g/mol. The van der Waals surface area contributed by atoms with Gasteiger partial charge >= 0.3 is 0 Å². The molecule has 170 valence electrons. The highest BCUT2D eigenvalue weighted by molar-refractivity contribution is 5.98. The Kier molecular flexibility index (Phi) is 6.81. The van der Waals surface area contributed by atoms with Crippen molar-refractivity contribution in [3.63, 3.8) is 0 Å². The number of fused-ring (bicyclic) bond motifs is 1. The number of anilines is 3. The first kappa shape index (κ1) is 22.0. The number of aliphatic hydroxyl groups excluding tert-OH is 1. The number of primary amides is 1. The number of hydrogen-bond donors (Lipinski definition) is 4. The molecule has 0 spiro atoms. The van der Waals surface area contributed by atoms with Crippen LogP contribution in [0.5, 0.6) is 0 Å². The second kappa shape index (κ2) is 9.92. The summed E-state index contributed by atoms with van der Waals surface area (Å²) in [6.45, 7) is 1.51. The third-order valence-electron chi connectivity index (χ3n) is 5.67. The first-order valence-electron chi connectivity index (χ1n) is 10.9. The van der Waals surface area contributed by atoms with E-state index in [1.165, 1.54) is 17.1 Å². The number of aliphatic hydroxyl groups is 1. The van der Waals surface area contributed by atoms with Gasteiger partial charge in [0, 0.05) is 31.3 Å². The molecule has 1 atom stereocenters. The van der Waals surface area contributed by atoms with Gasteiger partial charge in [0.05, 0.1) is 18.9 Å². The minimum Gasteiger partial charge on any atom is -0.393 e. The highest BCUT2D eigenvalue weighted by Crippen LogP contribution is 2.26. The molecule has 32 heavy (non-hydrogen) atoms. The van der Waals surface area contributed by atoms with Gasteiger partial charge in [0.25, 0.3) is 5.91 Å². The first-order valence-corrected chi connectivity index (χ1v) is 10.9. The molecule has 10 nitrogen and oxygen atoms in total. The number of carbonyl (C=O) groups is 1. The predicted molar refractivity (Wildman–Crippen MR) is 121 cm³/mol. The summed E-state index contributed by atoms with van der Waals surface area (Å²) in [6.07, 6.45) is 6.92. The normalized spacial score (nSPS) is 18.4. The molecule has 1 saturated carbocycles. The molecule has 5 rings (SSSR count). The summed E-state index contributed by atoms with van der Waals surface area (Å²) in [7, 11) is 1.77. The molecule has 10 heteroatoms. The summed E-state index contributed by atoms with van der Waals surface area (Å²) in [5.41, 5.74) is 7.06. The van der Waals surface area contributed by atoms with E-state index < -0.39 is 5.91 Å². The molecule has 2 aliphatic rings. The Labute approximate surface area is 186 Å². The van der Waals surface area contributed by atoms with Crippen LogP contribution in [0.4, 0.5) is 17.5 Å². The molecule has 5 N–H and O–H groups in total. The summed E-state index contributed by atoms with van der Waals surface area (Å²) in [4.78, 5) is 20.8. The molecular weight excluding hydrogens is 410 g/mol. The van der Waals surface area contributed by atoms with Crippen LogP contribution in [0, 0.1) is 0 Å². The van der Waals surface area contributed by atoms with E-state index in [-0.39, 0.29) is 11.7 Å². The fourth-order valence-electron chi connectivity index (χ4n) is 3.62. The molecule has 0 aromatic carbocycles. The van der Waals surface area contributed by atoms with Crippen LogP contribution in [0.15, 0.2) is 30.5 Å². The maximum Gasteiger partial charge on any atom is 0.254 e. The number of carbonyl (C=O) groups excluding carboxylic acids is 1. The molecule has 0 radical (unpaired) electrons. The maximum atomic E-state index is 11.6. The van der Waals surface area contributed by atoms with Crippen LogP contribution in [0.25, 0.3) is 5.65 Å². The second-order valence-corrected chi connectivity index (χ2v) is 8.01. The van der Waals surface area contributed by atoms with Crippen LogP contribution in [0.2, 0.25) is 0 Å². The number of pyridine rings is 1. The van der Waals surface area contributed by atoms with Crippen molar-refractivity contribution in [2.24, 2.45) is 5.73 Å². The number of aromatic nitrogens is 4. The zero-order valence-corrected chi connectivity index (χ0v) is 18.1. The lowest BCUT2D eigenvalue weighted by atomic mass is 9.97. The van der Waals surface area contributed by atoms with E-state index in [1.807, 2.05) is 18.2 Å². The van der Waals surface area contributed by atoms with Gasteiger partial charge in [0.1, 0.15) is 23.0 Å². The molecule has 1 unspecified atom stereocenters. The van der Waals surface area contributed by atoms with Crippen molar-refractivity contribution in [1.29, 1.82) is 0 Å². The molecular formula is C22H29N7O3. The van der Waals surface area contributed by atoms with Crippen molar-refractivity contribution in [3.8, 4) is 0 Å². The first-order chi connectivity index (χ1) is 15.5. The minimum absolute atomic E-state index is 0.0648. The molecule has 1 saturated heterocycles.